The average Bonchev–Trinajstić information content (AvgIpc) is 3.08. The first kappa shape index (κ1) is 35.7. The maximum absolute atomic E-state index is 14.3. The number of hydrogen-bond acceptors (Lipinski definition) is 10. The molecule has 3 N–H and O–H groups in total. The van der Waals surface area contributed by atoms with Gasteiger partial charge in [-0.2, -0.15) is 0 Å². The largest absolute Gasteiger partial charge is 0.495 e. The van der Waals surface area contributed by atoms with Crippen molar-refractivity contribution in [3.63, 3.8) is 0 Å². The van der Waals surface area contributed by atoms with Crippen molar-refractivity contribution < 1.29 is 27.5 Å². The summed E-state index contributed by atoms with van der Waals surface area (Å²) >= 11 is 0. The molecule has 2 amide bonds. The number of carbonyl (C=O) groups is 2. The molecule has 0 fully saturated rings. The highest BCUT2D eigenvalue weighted by molar-refractivity contribution is 7.89. The molecule has 0 atom stereocenters. The predicted molar refractivity (Wildman–Crippen MR) is 186 cm³/mol. The van der Waals surface area contributed by atoms with Gasteiger partial charge in [-0.15, -0.1) is 0 Å². The number of ether oxygens (including phenoxy) is 2. The van der Waals surface area contributed by atoms with E-state index in [2.05, 4.69) is 20.3 Å². The van der Waals surface area contributed by atoms with E-state index in [9.17, 15) is 22.8 Å². The Morgan fingerprint density at radius 2 is 1.69 bits per heavy atom. The van der Waals surface area contributed by atoms with Gasteiger partial charge in [0.15, 0.2) is 11.5 Å². The molecule has 0 aliphatic heterocycles. The third-order valence-corrected chi connectivity index (χ3v) is 8.87. The first-order chi connectivity index (χ1) is 23.0. The van der Waals surface area contributed by atoms with Crippen molar-refractivity contribution in [1.29, 1.82) is 0 Å². The molecule has 3 aromatic carbocycles. The number of sulfonamides is 1. The van der Waals surface area contributed by atoms with E-state index in [0.29, 0.717) is 5.69 Å². The van der Waals surface area contributed by atoms with Crippen molar-refractivity contribution in [3.05, 3.63) is 76.8 Å². The molecule has 254 valence electrons. The van der Waals surface area contributed by atoms with Gasteiger partial charge in [0.2, 0.25) is 15.9 Å². The third kappa shape index (κ3) is 7.87. The number of aliphatic imine (C=N–C) groups is 1. The summed E-state index contributed by atoms with van der Waals surface area (Å²) in [7, 11) is 0.248. The first-order valence-electron chi connectivity index (χ1n) is 15.1. The van der Waals surface area contributed by atoms with Crippen LogP contribution >= 0.6 is 0 Å². The molecule has 0 radical (unpaired) electrons. The number of carbonyl (C=O) groups excluding carboxylic acids is 2. The van der Waals surface area contributed by atoms with Crippen LogP contribution in [0.4, 0.5) is 22.7 Å². The summed E-state index contributed by atoms with van der Waals surface area (Å²) in [6.07, 6.45) is 0. The van der Waals surface area contributed by atoms with E-state index < -0.39 is 21.5 Å². The van der Waals surface area contributed by atoms with Gasteiger partial charge in [0.25, 0.3) is 11.5 Å². The van der Waals surface area contributed by atoms with E-state index in [-0.39, 0.29) is 63.5 Å². The maximum atomic E-state index is 14.3. The van der Waals surface area contributed by atoms with Crippen molar-refractivity contribution >= 4 is 61.2 Å². The minimum Gasteiger partial charge on any atom is -0.495 e. The standard InChI is InChI=1S/C33H39N7O7S/c1-7-39(8-2)23-14-12-22(13-15-23)36-30(32(42)37-27-20-24(48(44,45)34-4)16-17-28(27)47-6)31-38-29-25(33(43)40(31)18-19-46-5)10-9-11-26(29)35-21(3)41/h9-17,20,34H,7-8,18-19H2,1-6H3,(H,35,41)(H,37,42). The second kappa shape index (κ2) is 15.6. The SMILES string of the molecule is CCN(CC)c1ccc(N=C(C(=O)Nc2cc(S(=O)(=O)NC)ccc2OC)c2nc3c(NC(C)=O)cccc3c(=O)n2CCOC)cc1. The Morgan fingerprint density at radius 1 is 0.979 bits per heavy atom. The Bertz CT molecular complexity index is 2010. The van der Waals surface area contributed by atoms with Crippen molar-refractivity contribution in [2.45, 2.75) is 32.2 Å². The van der Waals surface area contributed by atoms with Crippen molar-refractivity contribution in [3.8, 4) is 5.75 Å². The number of nitrogens with zero attached hydrogens (tertiary/aromatic N) is 4. The number of anilines is 3. The molecule has 48 heavy (non-hydrogen) atoms. The zero-order chi connectivity index (χ0) is 35.0. The molecule has 15 heteroatoms. The van der Waals surface area contributed by atoms with Gasteiger partial charge in [0.1, 0.15) is 11.3 Å². The minimum absolute atomic E-state index is 0.0182. The Morgan fingerprint density at radius 3 is 2.29 bits per heavy atom. The van der Waals surface area contributed by atoms with Crippen LogP contribution in [0.25, 0.3) is 10.9 Å². The number of benzene rings is 3. The number of amides is 2. The molecule has 0 spiro atoms. The van der Waals surface area contributed by atoms with E-state index in [0.717, 1.165) is 18.8 Å². The molecule has 0 bridgehead atoms. The molecule has 0 aliphatic carbocycles. The van der Waals surface area contributed by atoms with E-state index in [4.69, 9.17) is 19.5 Å². The summed E-state index contributed by atoms with van der Waals surface area (Å²) in [5.41, 5.74) is 1.05. The van der Waals surface area contributed by atoms with Gasteiger partial charge in [-0.05, 0) is 75.5 Å². The van der Waals surface area contributed by atoms with Gasteiger partial charge in [-0.25, -0.2) is 23.1 Å². The van der Waals surface area contributed by atoms with Gasteiger partial charge >= 0.3 is 0 Å². The lowest BCUT2D eigenvalue weighted by molar-refractivity contribution is -0.114. The number of rotatable bonds is 14. The zero-order valence-corrected chi connectivity index (χ0v) is 28.5. The second-order valence-corrected chi connectivity index (χ2v) is 12.3. The summed E-state index contributed by atoms with van der Waals surface area (Å²) in [5, 5.41) is 5.61. The van der Waals surface area contributed by atoms with Gasteiger partial charge in [0, 0.05) is 32.8 Å². The van der Waals surface area contributed by atoms with Gasteiger partial charge < -0.3 is 25.0 Å². The van der Waals surface area contributed by atoms with Crippen LogP contribution in [0.3, 0.4) is 0 Å². The molecule has 0 saturated carbocycles. The van der Waals surface area contributed by atoms with Crippen molar-refractivity contribution in [2.75, 3.05) is 56.5 Å². The van der Waals surface area contributed by atoms with Crippen LogP contribution in [0.5, 0.6) is 5.75 Å². The molecule has 4 rings (SSSR count). The van der Waals surface area contributed by atoms with Gasteiger partial charge in [-0.1, -0.05) is 6.07 Å². The van der Waals surface area contributed by atoms with Crippen LogP contribution in [0.15, 0.2) is 75.3 Å². The molecule has 1 aromatic heterocycles. The molecule has 1 heterocycles. The lowest BCUT2D eigenvalue weighted by Crippen LogP contribution is -2.35. The van der Waals surface area contributed by atoms with E-state index in [1.165, 1.54) is 51.0 Å². The Balaban J connectivity index is 1.99. The zero-order valence-electron chi connectivity index (χ0n) is 27.7. The fraction of sp³-hybridized carbons (Fsp3) is 0.303. The molecule has 4 aromatic rings. The highest BCUT2D eigenvalue weighted by Gasteiger charge is 2.25. The fourth-order valence-electron chi connectivity index (χ4n) is 5.02. The van der Waals surface area contributed by atoms with Gasteiger partial charge in [-0.3, -0.25) is 19.0 Å². The molecule has 0 aliphatic rings. The minimum atomic E-state index is -3.88. The van der Waals surface area contributed by atoms with Crippen LogP contribution in [0, 0.1) is 0 Å². The topological polar surface area (TPSA) is 173 Å². The van der Waals surface area contributed by atoms with Crippen LogP contribution in [0.1, 0.15) is 26.6 Å². The number of aromatic nitrogens is 2. The second-order valence-electron chi connectivity index (χ2n) is 10.4. The van der Waals surface area contributed by atoms with Gasteiger partial charge in [0.05, 0.1) is 47.6 Å². The number of para-hydroxylation sites is 1. The average molecular weight is 678 g/mol. The highest BCUT2D eigenvalue weighted by atomic mass is 32.2. The fourth-order valence-corrected chi connectivity index (χ4v) is 5.77. The monoisotopic (exact) mass is 677 g/mol. The first-order valence-corrected chi connectivity index (χ1v) is 16.6. The maximum Gasteiger partial charge on any atom is 0.278 e. The third-order valence-electron chi connectivity index (χ3n) is 7.46. The summed E-state index contributed by atoms with van der Waals surface area (Å²) < 4.78 is 39.4. The van der Waals surface area contributed by atoms with Crippen LogP contribution in [-0.2, 0) is 30.9 Å². The predicted octanol–water partition coefficient (Wildman–Crippen LogP) is 3.52. The number of fused-ring (bicyclic) bond motifs is 1. The normalized spacial score (nSPS) is 11.8. The number of methoxy groups -OCH3 is 2. The smallest absolute Gasteiger partial charge is 0.278 e. The van der Waals surface area contributed by atoms with Crippen molar-refractivity contribution in [2.24, 2.45) is 4.99 Å². The Hall–Kier alpha value is -5.12. The summed E-state index contributed by atoms with van der Waals surface area (Å²) in [5.74, 6) is -1.12. The van der Waals surface area contributed by atoms with E-state index >= 15 is 0 Å². The quantitative estimate of drug-likeness (QED) is 0.169. The van der Waals surface area contributed by atoms with Crippen LogP contribution < -0.4 is 30.6 Å². The van der Waals surface area contributed by atoms with Crippen molar-refractivity contribution in [1.82, 2.24) is 14.3 Å². The molecular weight excluding hydrogens is 638 g/mol. The van der Waals surface area contributed by atoms with Crippen LogP contribution in [0.2, 0.25) is 0 Å². The molecule has 0 saturated heterocycles. The Labute approximate surface area is 278 Å². The lowest BCUT2D eigenvalue weighted by Gasteiger charge is -2.21. The Kier molecular flexibility index (Phi) is 11.6. The van der Waals surface area contributed by atoms with E-state index in [1.54, 1.807) is 30.3 Å². The van der Waals surface area contributed by atoms with E-state index in [1.807, 2.05) is 26.0 Å². The summed E-state index contributed by atoms with van der Waals surface area (Å²) in [6.45, 7) is 7.13. The van der Waals surface area contributed by atoms with Crippen LogP contribution in [-0.4, -0.2) is 76.5 Å². The lowest BCUT2D eigenvalue weighted by atomic mass is 10.1. The summed E-state index contributed by atoms with van der Waals surface area (Å²) in [4.78, 5) is 51.8. The summed E-state index contributed by atoms with van der Waals surface area (Å²) in [6, 6.07) is 16.0. The molecule has 14 nitrogen and oxygen atoms in total. The number of hydrogen-bond donors (Lipinski definition) is 3. The molecular formula is C33H39N7O7S. The number of nitrogens with one attached hydrogen (secondary N) is 3. The molecule has 0 unspecified atom stereocenters. The highest BCUT2D eigenvalue weighted by Crippen LogP contribution is 2.29.